The van der Waals surface area contributed by atoms with Crippen molar-refractivity contribution in [2.45, 2.75) is 45.6 Å². The maximum atomic E-state index is 9.62. The molecule has 0 aromatic carbocycles. The molecule has 2 N–H and O–H groups in total. The van der Waals surface area contributed by atoms with Crippen LogP contribution in [0.25, 0.3) is 0 Å². The predicted octanol–water partition coefficient (Wildman–Crippen LogP) is 2.42. The highest BCUT2D eigenvalue weighted by Gasteiger charge is 2.30. The fraction of sp³-hybridized carbons (Fsp3) is 0.667. The Morgan fingerprint density at radius 3 is 2.67 bits per heavy atom. The van der Waals surface area contributed by atoms with Crippen molar-refractivity contribution in [1.82, 2.24) is 10.3 Å². The number of nitrogens with zero attached hydrogens (tertiary/aromatic N) is 1. The summed E-state index contributed by atoms with van der Waals surface area (Å²) in [6, 6.07) is 4.15. The molecule has 1 aliphatic carbocycles. The quantitative estimate of drug-likeness (QED) is 0.841. The van der Waals surface area contributed by atoms with Gasteiger partial charge in [0, 0.05) is 31.3 Å². The van der Waals surface area contributed by atoms with E-state index in [0.29, 0.717) is 6.61 Å². The Morgan fingerprint density at radius 2 is 2.06 bits per heavy atom. The molecule has 1 aromatic heterocycles. The fourth-order valence-corrected chi connectivity index (χ4v) is 2.75. The van der Waals surface area contributed by atoms with Crippen LogP contribution in [0.5, 0.6) is 0 Å². The summed E-state index contributed by atoms with van der Waals surface area (Å²) < 4.78 is 0. The van der Waals surface area contributed by atoms with Crippen LogP contribution in [0.2, 0.25) is 0 Å². The Morgan fingerprint density at radius 1 is 1.28 bits per heavy atom. The number of aliphatic hydroxyl groups excluding tert-OH is 1. The van der Waals surface area contributed by atoms with Gasteiger partial charge in [-0.1, -0.05) is 25.3 Å². The molecule has 3 heteroatoms. The molecule has 0 spiro atoms. The number of aromatic nitrogens is 1. The first-order valence-electron chi connectivity index (χ1n) is 6.97. The fourth-order valence-electron chi connectivity index (χ4n) is 2.75. The molecule has 0 amide bonds. The van der Waals surface area contributed by atoms with Crippen LogP contribution in [0.15, 0.2) is 18.3 Å². The molecule has 1 heterocycles. The second-order valence-corrected chi connectivity index (χ2v) is 5.65. The van der Waals surface area contributed by atoms with E-state index >= 15 is 0 Å². The third kappa shape index (κ3) is 3.53. The number of pyridine rings is 1. The molecular formula is C15H24N2O. The topological polar surface area (TPSA) is 45.1 Å². The summed E-state index contributed by atoms with van der Waals surface area (Å²) >= 11 is 0. The van der Waals surface area contributed by atoms with Crippen LogP contribution in [-0.2, 0) is 6.54 Å². The summed E-state index contributed by atoms with van der Waals surface area (Å²) in [6.07, 6.45) is 8.03. The SMILES string of the molecule is Cc1ccc(CNCC2(CO)CCCCC2)nc1. The predicted molar refractivity (Wildman–Crippen MR) is 73.3 cm³/mol. The minimum absolute atomic E-state index is 0.114. The highest BCUT2D eigenvalue weighted by Crippen LogP contribution is 2.35. The summed E-state index contributed by atoms with van der Waals surface area (Å²) in [5.41, 5.74) is 2.38. The molecule has 0 bridgehead atoms. The van der Waals surface area contributed by atoms with Crippen molar-refractivity contribution in [3.8, 4) is 0 Å². The van der Waals surface area contributed by atoms with Crippen molar-refractivity contribution >= 4 is 0 Å². The first kappa shape index (κ1) is 13.5. The lowest BCUT2D eigenvalue weighted by molar-refractivity contribution is 0.0810. The van der Waals surface area contributed by atoms with Crippen LogP contribution < -0.4 is 5.32 Å². The Kier molecular flexibility index (Phi) is 4.72. The molecule has 0 atom stereocenters. The largest absolute Gasteiger partial charge is 0.396 e. The second-order valence-electron chi connectivity index (χ2n) is 5.65. The molecule has 2 rings (SSSR count). The van der Waals surface area contributed by atoms with E-state index in [4.69, 9.17) is 0 Å². The van der Waals surface area contributed by atoms with Crippen molar-refractivity contribution in [2.24, 2.45) is 5.41 Å². The Bertz CT molecular complexity index is 355. The van der Waals surface area contributed by atoms with E-state index < -0.39 is 0 Å². The van der Waals surface area contributed by atoms with Gasteiger partial charge in [-0.15, -0.1) is 0 Å². The van der Waals surface area contributed by atoms with Gasteiger partial charge in [0.15, 0.2) is 0 Å². The molecule has 0 aliphatic heterocycles. The molecule has 1 aromatic rings. The Hall–Kier alpha value is -0.930. The number of hydrogen-bond acceptors (Lipinski definition) is 3. The number of hydrogen-bond donors (Lipinski definition) is 2. The van der Waals surface area contributed by atoms with Crippen LogP contribution in [-0.4, -0.2) is 23.2 Å². The molecule has 1 fully saturated rings. The number of aliphatic hydroxyl groups is 1. The van der Waals surface area contributed by atoms with E-state index in [2.05, 4.69) is 22.4 Å². The van der Waals surface area contributed by atoms with Crippen molar-refractivity contribution in [3.05, 3.63) is 29.6 Å². The van der Waals surface area contributed by atoms with Gasteiger partial charge in [0.25, 0.3) is 0 Å². The number of rotatable bonds is 5. The number of aryl methyl sites for hydroxylation is 1. The lowest BCUT2D eigenvalue weighted by atomic mass is 9.74. The van der Waals surface area contributed by atoms with Gasteiger partial charge < -0.3 is 10.4 Å². The Labute approximate surface area is 110 Å². The van der Waals surface area contributed by atoms with Crippen molar-refractivity contribution in [2.75, 3.05) is 13.2 Å². The molecular weight excluding hydrogens is 224 g/mol. The summed E-state index contributed by atoms with van der Waals surface area (Å²) in [5.74, 6) is 0. The zero-order chi connectivity index (χ0) is 12.8. The third-order valence-electron chi connectivity index (χ3n) is 4.03. The summed E-state index contributed by atoms with van der Waals surface area (Å²) in [6.45, 7) is 4.05. The molecule has 0 unspecified atom stereocenters. The van der Waals surface area contributed by atoms with E-state index in [0.717, 1.165) is 31.6 Å². The van der Waals surface area contributed by atoms with Crippen molar-refractivity contribution < 1.29 is 5.11 Å². The Balaban J connectivity index is 1.81. The zero-order valence-corrected chi connectivity index (χ0v) is 11.3. The van der Waals surface area contributed by atoms with Crippen LogP contribution in [0.4, 0.5) is 0 Å². The first-order valence-corrected chi connectivity index (χ1v) is 6.97. The van der Waals surface area contributed by atoms with Crippen LogP contribution in [0, 0.1) is 12.3 Å². The van der Waals surface area contributed by atoms with E-state index in [1.807, 2.05) is 13.1 Å². The molecule has 1 saturated carbocycles. The second kappa shape index (κ2) is 6.30. The average molecular weight is 248 g/mol. The smallest absolute Gasteiger partial charge is 0.0541 e. The molecule has 3 nitrogen and oxygen atoms in total. The van der Waals surface area contributed by atoms with Gasteiger partial charge in [-0.2, -0.15) is 0 Å². The first-order chi connectivity index (χ1) is 8.74. The van der Waals surface area contributed by atoms with E-state index in [1.165, 1.54) is 24.8 Å². The molecule has 0 radical (unpaired) electrons. The van der Waals surface area contributed by atoms with Gasteiger partial charge in [-0.3, -0.25) is 4.98 Å². The maximum absolute atomic E-state index is 9.62. The van der Waals surface area contributed by atoms with Crippen LogP contribution in [0.3, 0.4) is 0 Å². The summed E-state index contributed by atoms with van der Waals surface area (Å²) in [5, 5.41) is 13.1. The third-order valence-corrected chi connectivity index (χ3v) is 4.03. The minimum Gasteiger partial charge on any atom is -0.396 e. The van der Waals surface area contributed by atoms with Gasteiger partial charge in [-0.05, 0) is 31.4 Å². The summed E-state index contributed by atoms with van der Waals surface area (Å²) in [4.78, 5) is 4.38. The van der Waals surface area contributed by atoms with Gasteiger partial charge in [0.05, 0.1) is 5.69 Å². The highest BCUT2D eigenvalue weighted by atomic mass is 16.3. The average Bonchev–Trinajstić information content (AvgIpc) is 2.42. The van der Waals surface area contributed by atoms with Crippen LogP contribution >= 0.6 is 0 Å². The minimum atomic E-state index is 0.114. The molecule has 1 aliphatic rings. The normalized spacial score (nSPS) is 18.8. The lowest BCUT2D eigenvalue weighted by Gasteiger charge is -2.35. The van der Waals surface area contributed by atoms with Gasteiger partial charge in [0.2, 0.25) is 0 Å². The van der Waals surface area contributed by atoms with E-state index in [9.17, 15) is 5.11 Å². The maximum Gasteiger partial charge on any atom is 0.0541 e. The monoisotopic (exact) mass is 248 g/mol. The van der Waals surface area contributed by atoms with E-state index in [-0.39, 0.29) is 5.41 Å². The zero-order valence-electron chi connectivity index (χ0n) is 11.3. The highest BCUT2D eigenvalue weighted by molar-refractivity contribution is 5.12. The summed E-state index contributed by atoms with van der Waals surface area (Å²) in [7, 11) is 0. The van der Waals surface area contributed by atoms with Crippen molar-refractivity contribution in [1.29, 1.82) is 0 Å². The molecule has 100 valence electrons. The standard InChI is InChI=1S/C15H24N2O/c1-13-5-6-14(17-9-13)10-16-11-15(12-18)7-3-2-4-8-15/h5-6,9,16,18H,2-4,7-8,10-12H2,1H3. The van der Waals surface area contributed by atoms with E-state index in [1.54, 1.807) is 0 Å². The molecule has 0 saturated heterocycles. The van der Waals surface area contributed by atoms with Gasteiger partial charge in [-0.25, -0.2) is 0 Å². The van der Waals surface area contributed by atoms with Crippen LogP contribution in [0.1, 0.15) is 43.4 Å². The van der Waals surface area contributed by atoms with Crippen molar-refractivity contribution in [3.63, 3.8) is 0 Å². The van der Waals surface area contributed by atoms with Gasteiger partial charge >= 0.3 is 0 Å². The molecule has 18 heavy (non-hydrogen) atoms. The lowest BCUT2D eigenvalue weighted by Crippen LogP contribution is -2.38. The number of nitrogens with one attached hydrogen (secondary N) is 1. The van der Waals surface area contributed by atoms with Gasteiger partial charge in [0.1, 0.15) is 0 Å².